The van der Waals surface area contributed by atoms with Gasteiger partial charge in [0.15, 0.2) is 0 Å². The van der Waals surface area contributed by atoms with Crippen LogP contribution in [0.4, 0.5) is 0 Å². The highest BCUT2D eigenvalue weighted by atomic mass is 79.9. The molecule has 0 bridgehead atoms. The van der Waals surface area contributed by atoms with E-state index in [0.717, 1.165) is 0 Å². The quantitative estimate of drug-likeness (QED) is 0.785. The maximum absolute atomic E-state index is 11.3. The number of hydrogen-bond acceptors (Lipinski definition) is 4. The zero-order valence-electron chi connectivity index (χ0n) is 8.16. The van der Waals surface area contributed by atoms with Crippen molar-refractivity contribution >= 4 is 21.9 Å². The lowest BCUT2D eigenvalue weighted by molar-refractivity contribution is -0.142. The Kier molecular flexibility index (Phi) is 4.25. The average molecular weight is 269 g/mol. The van der Waals surface area contributed by atoms with Crippen LogP contribution in [-0.2, 0) is 16.0 Å². The lowest BCUT2D eigenvalue weighted by Gasteiger charge is -2.05. The van der Waals surface area contributed by atoms with Crippen LogP contribution in [0.3, 0.4) is 0 Å². The second-order valence-electron chi connectivity index (χ2n) is 2.71. The molecule has 0 atom stereocenters. The van der Waals surface area contributed by atoms with Crippen molar-refractivity contribution in [3.05, 3.63) is 28.0 Å². The minimum atomic E-state index is -0.359. The highest BCUT2D eigenvalue weighted by Gasteiger charge is 2.12. The predicted molar refractivity (Wildman–Crippen MR) is 57.0 cm³/mol. The summed E-state index contributed by atoms with van der Waals surface area (Å²) in [6.45, 7) is 2.07. The molecule has 1 heterocycles. The molecule has 4 nitrogen and oxygen atoms in total. The van der Waals surface area contributed by atoms with E-state index in [0.29, 0.717) is 16.6 Å². The van der Waals surface area contributed by atoms with Gasteiger partial charge in [-0.25, -0.2) is 4.98 Å². The van der Waals surface area contributed by atoms with Crippen molar-refractivity contribution in [1.82, 2.24) is 4.98 Å². The zero-order valence-corrected chi connectivity index (χ0v) is 9.74. The van der Waals surface area contributed by atoms with Crippen molar-refractivity contribution in [3.8, 4) is 6.07 Å². The molecule has 0 radical (unpaired) electrons. The first-order valence-corrected chi connectivity index (χ1v) is 5.17. The van der Waals surface area contributed by atoms with Crippen molar-refractivity contribution in [2.45, 2.75) is 13.3 Å². The number of halogens is 1. The van der Waals surface area contributed by atoms with Gasteiger partial charge in [-0.15, -0.1) is 0 Å². The molecule has 0 aliphatic rings. The summed E-state index contributed by atoms with van der Waals surface area (Å²) in [4.78, 5) is 15.1. The Hall–Kier alpha value is -1.41. The topological polar surface area (TPSA) is 63.0 Å². The molecule has 1 aromatic rings. The summed E-state index contributed by atoms with van der Waals surface area (Å²) in [5.41, 5.74) is 0.816. The Morgan fingerprint density at radius 2 is 2.47 bits per heavy atom. The summed E-state index contributed by atoms with van der Waals surface area (Å²) < 4.78 is 5.50. The lowest BCUT2D eigenvalue weighted by atomic mass is 10.1. The minimum absolute atomic E-state index is 0.0607. The third-order valence-electron chi connectivity index (χ3n) is 1.73. The SMILES string of the molecule is CCOC(=O)Cc1c(Br)ccnc1C#N. The number of carbonyl (C=O) groups is 1. The second-order valence-corrected chi connectivity index (χ2v) is 3.57. The van der Waals surface area contributed by atoms with Crippen LogP contribution in [0.15, 0.2) is 16.7 Å². The molecule has 78 valence electrons. The summed E-state index contributed by atoms with van der Waals surface area (Å²) in [5, 5.41) is 8.80. The number of pyridine rings is 1. The first kappa shape index (κ1) is 11.7. The Balaban J connectivity index is 2.94. The van der Waals surface area contributed by atoms with E-state index in [1.807, 2.05) is 6.07 Å². The standard InChI is InChI=1S/C10H9BrN2O2/c1-2-15-10(14)5-7-8(11)3-4-13-9(7)6-12/h3-4H,2,5H2,1H3. The first-order chi connectivity index (χ1) is 7.19. The normalized spacial score (nSPS) is 9.40. The maximum Gasteiger partial charge on any atom is 0.310 e. The van der Waals surface area contributed by atoms with Gasteiger partial charge in [-0.2, -0.15) is 5.26 Å². The van der Waals surface area contributed by atoms with Gasteiger partial charge in [0.25, 0.3) is 0 Å². The first-order valence-electron chi connectivity index (χ1n) is 4.38. The van der Waals surface area contributed by atoms with E-state index in [9.17, 15) is 4.79 Å². The van der Waals surface area contributed by atoms with Gasteiger partial charge < -0.3 is 4.74 Å². The smallest absolute Gasteiger partial charge is 0.310 e. The van der Waals surface area contributed by atoms with E-state index in [2.05, 4.69) is 20.9 Å². The third-order valence-corrected chi connectivity index (χ3v) is 2.47. The summed E-state index contributed by atoms with van der Waals surface area (Å²) >= 11 is 3.27. The molecule has 0 aliphatic heterocycles. The van der Waals surface area contributed by atoms with E-state index in [4.69, 9.17) is 10.00 Å². The molecule has 0 amide bonds. The van der Waals surface area contributed by atoms with Crippen molar-refractivity contribution in [3.63, 3.8) is 0 Å². The fourth-order valence-electron chi connectivity index (χ4n) is 1.09. The summed E-state index contributed by atoms with van der Waals surface area (Å²) in [6.07, 6.45) is 1.57. The number of carbonyl (C=O) groups excluding carboxylic acids is 1. The van der Waals surface area contributed by atoms with Crippen LogP contribution < -0.4 is 0 Å². The van der Waals surface area contributed by atoms with Crippen LogP contribution >= 0.6 is 15.9 Å². The summed E-state index contributed by atoms with van der Waals surface area (Å²) in [7, 11) is 0. The number of esters is 1. The molecule has 0 aliphatic carbocycles. The lowest BCUT2D eigenvalue weighted by Crippen LogP contribution is -2.09. The molecule has 0 aromatic carbocycles. The van der Waals surface area contributed by atoms with E-state index >= 15 is 0 Å². The fourth-order valence-corrected chi connectivity index (χ4v) is 1.54. The van der Waals surface area contributed by atoms with E-state index in [1.54, 1.807) is 13.0 Å². The minimum Gasteiger partial charge on any atom is -0.466 e. The van der Waals surface area contributed by atoms with Crippen LogP contribution in [0.25, 0.3) is 0 Å². The molecule has 1 rings (SSSR count). The average Bonchev–Trinajstić information content (AvgIpc) is 2.21. The van der Waals surface area contributed by atoms with Gasteiger partial charge in [0.05, 0.1) is 13.0 Å². The van der Waals surface area contributed by atoms with Gasteiger partial charge in [-0.1, -0.05) is 15.9 Å². The maximum atomic E-state index is 11.3. The molecule has 5 heteroatoms. The summed E-state index contributed by atoms with van der Waals surface area (Å²) in [5.74, 6) is -0.359. The van der Waals surface area contributed by atoms with Crippen molar-refractivity contribution in [1.29, 1.82) is 5.26 Å². The molecule has 15 heavy (non-hydrogen) atoms. The predicted octanol–water partition coefficient (Wildman–Crippen LogP) is 1.82. The Bertz CT molecular complexity index is 412. The van der Waals surface area contributed by atoms with E-state index < -0.39 is 0 Å². The molecule has 0 unspecified atom stereocenters. The highest BCUT2D eigenvalue weighted by molar-refractivity contribution is 9.10. The van der Waals surface area contributed by atoms with E-state index in [1.165, 1.54) is 6.20 Å². The molecule has 0 N–H and O–H groups in total. The van der Waals surface area contributed by atoms with Gasteiger partial charge >= 0.3 is 5.97 Å². The molecule has 0 saturated carbocycles. The molecular weight excluding hydrogens is 260 g/mol. The number of ether oxygens (including phenoxy) is 1. The van der Waals surface area contributed by atoms with Gasteiger partial charge in [0.2, 0.25) is 0 Å². The van der Waals surface area contributed by atoms with Gasteiger partial charge in [0.1, 0.15) is 11.8 Å². The van der Waals surface area contributed by atoms with Crippen LogP contribution in [0, 0.1) is 11.3 Å². The number of hydrogen-bond donors (Lipinski definition) is 0. The molecule has 1 aromatic heterocycles. The summed E-state index contributed by atoms with van der Waals surface area (Å²) in [6, 6.07) is 3.62. The van der Waals surface area contributed by atoms with Crippen molar-refractivity contribution < 1.29 is 9.53 Å². The van der Waals surface area contributed by atoms with Crippen LogP contribution in [-0.4, -0.2) is 17.6 Å². The Morgan fingerprint density at radius 1 is 1.73 bits per heavy atom. The zero-order chi connectivity index (χ0) is 11.3. The monoisotopic (exact) mass is 268 g/mol. The number of nitrogens with zero attached hydrogens (tertiary/aromatic N) is 2. The molecule has 0 saturated heterocycles. The Morgan fingerprint density at radius 3 is 3.07 bits per heavy atom. The van der Waals surface area contributed by atoms with Gasteiger partial charge in [0, 0.05) is 16.2 Å². The largest absolute Gasteiger partial charge is 0.466 e. The third kappa shape index (κ3) is 3.03. The fraction of sp³-hybridized carbons (Fsp3) is 0.300. The van der Waals surface area contributed by atoms with Crippen LogP contribution in [0.1, 0.15) is 18.2 Å². The molecule has 0 fully saturated rings. The van der Waals surface area contributed by atoms with Crippen molar-refractivity contribution in [2.75, 3.05) is 6.61 Å². The van der Waals surface area contributed by atoms with Crippen LogP contribution in [0.2, 0.25) is 0 Å². The molecular formula is C10H9BrN2O2. The highest BCUT2D eigenvalue weighted by Crippen LogP contribution is 2.19. The Labute approximate surface area is 96.0 Å². The van der Waals surface area contributed by atoms with Crippen molar-refractivity contribution in [2.24, 2.45) is 0 Å². The van der Waals surface area contributed by atoms with Gasteiger partial charge in [-0.3, -0.25) is 4.79 Å². The second kappa shape index (κ2) is 5.47. The molecule has 0 spiro atoms. The van der Waals surface area contributed by atoms with Gasteiger partial charge in [-0.05, 0) is 13.0 Å². The number of rotatable bonds is 3. The number of nitriles is 1. The number of aromatic nitrogens is 1. The van der Waals surface area contributed by atoms with Crippen LogP contribution in [0.5, 0.6) is 0 Å². The van der Waals surface area contributed by atoms with E-state index in [-0.39, 0.29) is 18.1 Å².